The largest absolute Gasteiger partial charge is 0.312 e. The Hall–Kier alpha value is -0.0400. The van der Waals surface area contributed by atoms with Gasteiger partial charge in [0.25, 0.3) is 0 Å². The Morgan fingerprint density at radius 1 is 1.00 bits per heavy atom. The lowest BCUT2D eigenvalue weighted by atomic mass is 10.2. The van der Waals surface area contributed by atoms with Crippen LogP contribution in [0.2, 0.25) is 0 Å². The number of nitrogens with one attached hydrogen (secondary N) is 1. The highest BCUT2D eigenvalue weighted by atomic mass is 14.9. The highest BCUT2D eigenvalue weighted by molar-refractivity contribution is 4.63. The van der Waals surface area contributed by atoms with E-state index in [1.807, 2.05) is 0 Å². The van der Waals surface area contributed by atoms with Crippen molar-refractivity contribution >= 4 is 0 Å². The maximum Gasteiger partial charge on any atom is 0.00385 e. The van der Waals surface area contributed by atoms with E-state index < -0.39 is 0 Å². The fraction of sp³-hybridized carbons (Fsp3) is 1.00. The molecule has 9 heavy (non-hydrogen) atoms. The lowest BCUT2D eigenvalue weighted by Gasteiger charge is -2.16. The minimum absolute atomic E-state index is 0.681. The molecule has 0 amide bonds. The lowest BCUT2D eigenvalue weighted by Crippen LogP contribution is -2.33. The molecule has 2 atom stereocenters. The van der Waals surface area contributed by atoms with Gasteiger partial charge in [0.15, 0.2) is 0 Å². The molecule has 1 unspecified atom stereocenters. The van der Waals surface area contributed by atoms with E-state index in [0.29, 0.717) is 12.1 Å². The van der Waals surface area contributed by atoms with Crippen LogP contribution in [0.1, 0.15) is 40.5 Å². The van der Waals surface area contributed by atoms with Gasteiger partial charge in [0.1, 0.15) is 0 Å². The van der Waals surface area contributed by atoms with Gasteiger partial charge in [0, 0.05) is 12.1 Å². The zero-order valence-corrected chi connectivity index (χ0v) is 7.07. The summed E-state index contributed by atoms with van der Waals surface area (Å²) in [6.45, 7) is 8.87. The molecule has 0 heterocycles. The topological polar surface area (TPSA) is 12.0 Å². The van der Waals surface area contributed by atoms with Gasteiger partial charge in [-0.3, -0.25) is 0 Å². The van der Waals surface area contributed by atoms with Gasteiger partial charge in [0.2, 0.25) is 0 Å². The van der Waals surface area contributed by atoms with Crippen molar-refractivity contribution in [2.75, 3.05) is 0 Å². The van der Waals surface area contributed by atoms with E-state index in [1.165, 1.54) is 12.8 Å². The predicted octanol–water partition coefficient (Wildman–Crippen LogP) is 2.17. The van der Waals surface area contributed by atoms with E-state index in [9.17, 15) is 0 Å². The molecule has 1 N–H and O–H groups in total. The summed E-state index contributed by atoms with van der Waals surface area (Å²) in [5.41, 5.74) is 0. The Kier molecular flexibility index (Phi) is 4.78. The summed E-state index contributed by atoms with van der Waals surface area (Å²) in [6, 6.07) is 1.36. The van der Waals surface area contributed by atoms with Crippen molar-refractivity contribution in [1.82, 2.24) is 5.32 Å². The smallest absolute Gasteiger partial charge is 0.00385 e. The van der Waals surface area contributed by atoms with Gasteiger partial charge >= 0.3 is 0 Å². The monoisotopic (exact) mass is 129 g/mol. The molecule has 0 rings (SSSR count). The molecule has 0 aliphatic rings. The van der Waals surface area contributed by atoms with Crippen LogP contribution in [0.25, 0.3) is 0 Å². The van der Waals surface area contributed by atoms with Gasteiger partial charge in [-0.15, -0.1) is 0 Å². The molecule has 1 heteroatoms. The number of hydrogen-bond donors (Lipinski definition) is 1. The molecule has 1 nitrogen and oxygen atoms in total. The Balaban J connectivity index is 3.22. The van der Waals surface area contributed by atoms with Crippen molar-refractivity contribution in [3.8, 4) is 0 Å². The van der Waals surface area contributed by atoms with Crippen molar-refractivity contribution in [2.24, 2.45) is 0 Å². The SMILES string of the molecule is CCC(C)N[C@@H](C)CC. The summed E-state index contributed by atoms with van der Waals surface area (Å²) in [6.07, 6.45) is 2.45. The van der Waals surface area contributed by atoms with Gasteiger partial charge in [-0.25, -0.2) is 0 Å². The second kappa shape index (κ2) is 4.80. The first-order chi connectivity index (χ1) is 4.20. The van der Waals surface area contributed by atoms with E-state index in [0.717, 1.165) is 0 Å². The van der Waals surface area contributed by atoms with Crippen molar-refractivity contribution in [1.29, 1.82) is 0 Å². The molecule has 0 saturated carbocycles. The Morgan fingerprint density at radius 2 is 1.33 bits per heavy atom. The first kappa shape index (κ1) is 8.96. The van der Waals surface area contributed by atoms with Gasteiger partial charge < -0.3 is 5.32 Å². The molecule has 0 spiro atoms. The van der Waals surface area contributed by atoms with Crippen LogP contribution in [0.5, 0.6) is 0 Å². The van der Waals surface area contributed by atoms with Crippen molar-refractivity contribution < 1.29 is 0 Å². The normalized spacial score (nSPS) is 17.3. The number of hydrogen-bond acceptors (Lipinski definition) is 1. The van der Waals surface area contributed by atoms with Crippen LogP contribution in [-0.2, 0) is 0 Å². The van der Waals surface area contributed by atoms with Gasteiger partial charge in [-0.05, 0) is 26.7 Å². The van der Waals surface area contributed by atoms with Gasteiger partial charge in [-0.2, -0.15) is 0 Å². The summed E-state index contributed by atoms with van der Waals surface area (Å²) in [4.78, 5) is 0. The Labute approximate surface area is 58.8 Å². The minimum Gasteiger partial charge on any atom is -0.312 e. The van der Waals surface area contributed by atoms with E-state index in [4.69, 9.17) is 0 Å². The zero-order chi connectivity index (χ0) is 7.28. The molecule has 0 aromatic rings. The highest BCUT2D eigenvalue weighted by Crippen LogP contribution is 1.93. The summed E-state index contributed by atoms with van der Waals surface area (Å²) in [5, 5.41) is 3.48. The third-order valence-electron chi connectivity index (χ3n) is 1.79. The average Bonchev–Trinajstić information content (AvgIpc) is 1.87. The van der Waals surface area contributed by atoms with Crippen LogP contribution in [0.15, 0.2) is 0 Å². The first-order valence-corrected chi connectivity index (χ1v) is 3.96. The first-order valence-electron chi connectivity index (χ1n) is 3.96. The van der Waals surface area contributed by atoms with E-state index in [1.54, 1.807) is 0 Å². The molecule has 0 fully saturated rings. The summed E-state index contributed by atoms with van der Waals surface area (Å²) >= 11 is 0. The van der Waals surface area contributed by atoms with Crippen LogP contribution >= 0.6 is 0 Å². The average molecular weight is 129 g/mol. The maximum atomic E-state index is 3.48. The minimum atomic E-state index is 0.681. The van der Waals surface area contributed by atoms with Crippen LogP contribution in [0.4, 0.5) is 0 Å². The molecule has 0 aliphatic carbocycles. The molecule has 0 bridgehead atoms. The Bertz CT molecular complexity index is 53.6. The fourth-order valence-corrected chi connectivity index (χ4v) is 0.721. The van der Waals surface area contributed by atoms with E-state index in [2.05, 4.69) is 33.0 Å². The molecule has 0 aromatic heterocycles. The third-order valence-corrected chi connectivity index (χ3v) is 1.79. The molecular weight excluding hydrogens is 110 g/mol. The van der Waals surface area contributed by atoms with Crippen LogP contribution in [0.3, 0.4) is 0 Å². The van der Waals surface area contributed by atoms with Crippen LogP contribution in [0, 0.1) is 0 Å². The van der Waals surface area contributed by atoms with Crippen molar-refractivity contribution in [3.63, 3.8) is 0 Å². The third kappa shape index (κ3) is 4.46. The summed E-state index contributed by atoms with van der Waals surface area (Å²) in [7, 11) is 0. The van der Waals surface area contributed by atoms with Crippen LogP contribution < -0.4 is 5.32 Å². The summed E-state index contributed by atoms with van der Waals surface area (Å²) < 4.78 is 0. The second-order valence-electron chi connectivity index (χ2n) is 2.79. The molecular formula is C8H19N. The van der Waals surface area contributed by atoms with Gasteiger partial charge in [0.05, 0.1) is 0 Å². The molecule has 0 aliphatic heterocycles. The van der Waals surface area contributed by atoms with E-state index in [-0.39, 0.29) is 0 Å². The molecule has 0 aromatic carbocycles. The molecule has 0 radical (unpaired) electrons. The number of rotatable bonds is 4. The lowest BCUT2D eigenvalue weighted by molar-refractivity contribution is 0.449. The quantitative estimate of drug-likeness (QED) is 0.613. The highest BCUT2D eigenvalue weighted by Gasteiger charge is 2.00. The van der Waals surface area contributed by atoms with Crippen molar-refractivity contribution in [2.45, 2.75) is 52.6 Å². The molecule has 0 saturated heterocycles. The maximum absolute atomic E-state index is 3.48. The fourth-order valence-electron chi connectivity index (χ4n) is 0.721. The van der Waals surface area contributed by atoms with Crippen LogP contribution in [-0.4, -0.2) is 12.1 Å². The molecule has 56 valence electrons. The van der Waals surface area contributed by atoms with Crippen molar-refractivity contribution in [3.05, 3.63) is 0 Å². The second-order valence-corrected chi connectivity index (χ2v) is 2.79. The zero-order valence-electron chi connectivity index (χ0n) is 7.07. The summed E-state index contributed by atoms with van der Waals surface area (Å²) in [5.74, 6) is 0. The predicted molar refractivity (Wildman–Crippen MR) is 42.6 cm³/mol. The Morgan fingerprint density at radius 3 is 1.56 bits per heavy atom. The van der Waals surface area contributed by atoms with E-state index >= 15 is 0 Å². The standard InChI is InChI=1S/C8H19N/c1-5-7(3)9-8(4)6-2/h7-9H,5-6H2,1-4H3/t7-,8?/m0/s1. The van der Waals surface area contributed by atoms with Gasteiger partial charge in [-0.1, -0.05) is 13.8 Å².